The predicted molar refractivity (Wildman–Crippen MR) is 85.8 cm³/mol. The zero-order chi connectivity index (χ0) is 18.1. The lowest BCUT2D eigenvalue weighted by Crippen LogP contribution is -2.46. The molecule has 0 aromatic heterocycles. The Morgan fingerprint density at radius 1 is 1.17 bits per heavy atom. The fourth-order valence-corrected chi connectivity index (χ4v) is 3.01. The van der Waals surface area contributed by atoms with Crippen molar-refractivity contribution in [2.24, 2.45) is 0 Å². The Bertz CT molecular complexity index is 575. The molecular weight excluding hydrogens is 319 g/mol. The summed E-state index contributed by atoms with van der Waals surface area (Å²) in [7, 11) is 0. The van der Waals surface area contributed by atoms with Gasteiger partial charge < -0.3 is 9.64 Å². The van der Waals surface area contributed by atoms with Crippen LogP contribution in [0.1, 0.15) is 57.6 Å². The molecule has 1 heterocycles. The first-order chi connectivity index (χ1) is 11.0. The van der Waals surface area contributed by atoms with Crippen LogP contribution in [-0.2, 0) is 10.9 Å². The van der Waals surface area contributed by atoms with Crippen LogP contribution in [0.5, 0.6) is 0 Å². The molecule has 0 spiro atoms. The molecule has 1 aromatic rings. The normalized spacial score (nSPS) is 22.4. The summed E-state index contributed by atoms with van der Waals surface area (Å²) >= 11 is 0. The third-order valence-corrected chi connectivity index (χ3v) is 4.21. The monoisotopic (exact) mass is 343 g/mol. The maximum atomic E-state index is 12.6. The second-order valence-electron chi connectivity index (χ2n) is 7.36. The number of amides is 1. The minimum Gasteiger partial charge on any atom is -0.444 e. The van der Waals surface area contributed by atoms with Gasteiger partial charge in [-0.3, -0.25) is 0 Å². The van der Waals surface area contributed by atoms with E-state index in [0.717, 1.165) is 24.1 Å². The molecular formula is C18H24F3NO2. The van der Waals surface area contributed by atoms with Gasteiger partial charge in [-0.15, -0.1) is 0 Å². The molecule has 1 aromatic carbocycles. The van der Waals surface area contributed by atoms with Crippen molar-refractivity contribution in [3.63, 3.8) is 0 Å². The minimum atomic E-state index is -4.31. The summed E-state index contributed by atoms with van der Waals surface area (Å²) in [5.74, 6) is 0.154. The number of carbonyl (C=O) groups is 1. The highest BCUT2D eigenvalue weighted by molar-refractivity contribution is 5.68. The number of alkyl halides is 3. The lowest BCUT2D eigenvalue weighted by atomic mass is 9.85. The lowest BCUT2D eigenvalue weighted by Gasteiger charge is -2.38. The Morgan fingerprint density at radius 2 is 1.75 bits per heavy atom. The molecule has 1 fully saturated rings. The number of rotatable bonds is 1. The van der Waals surface area contributed by atoms with Gasteiger partial charge in [0.2, 0.25) is 0 Å². The fraction of sp³-hybridized carbons (Fsp3) is 0.611. The molecule has 3 nitrogen and oxygen atoms in total. The van der Waals surface area contributed by atoms with Gasteiger partial charge in [-0.25, -0.2) is 4.79 Å². The van der Waals surface area contributed by atoms with Crippen LogP contribution < -0.4 is 0 Å². The van der Waals surface area contributed by atoms with E-state index in [9.17, 15) is 18.0 Å². The summed E-state index contributed by atoms with van der Waals surface area (Å²) in [5.41, 5.74) is -0.287. The summed E-state index contributed by atoms with van der Waals surface area (Å²) in [6, 6.07) is 5.33. The standard InChI is InChI=1S/C18H24F3NO2/c1-12-11-14(9-10-22(12)16(23)24-17(2,3)4)13-5-7-15(8-6-13)18(19,20)21/h5-8,12,14H,9-11H2,1-4H3/t12-,14+/m0/s1. The highest BCUT2D eigenvalue weighted by Gasteiger charge is 2.33. The van der Waals surface area contributed by atoms with Gasteiger partial charge >= 0.3 is 12.3 Å². The van der Waals surface area contributed by atoms with E-state index in [2.05, 4.69) is 0 Å². The van der Waals surface area contributed by atoms with E-state index in [4.69, 9.17) is 4.74 Å². The van der Waals surface area contributed by atoms with E-state index in [1.807, 2.05) is 27.7 Å². The first kappa shape index (κ1) is 18.6. The number of ether oxygens (including phenoxy) is 1. The molecule has 1 saturated heterocycles. The number of likely N-dealkylation sites (tertiary alicyclic amines) is 1. The average molecular weight is 343 g/mol. The number of carbonyl (C=O) groups excluding carboxylic acids is 1. The zero-order valence-corrected chi connectivity index (χ0v) is 14.5. The Morgan fingerprint density at radius 3 is 2.21 bits per heavy atom. The highest BCUT2D eigenvalue weighted by atomic mass is 19.4. The molecule has 2 atom stereocenters. The topological polar surface area (TPSA) is 29.5 Å². The van der Waals surface area contributed by atoms with Crippen LogP contribution in [0.15, 0.2) is 24.3 Å². The second kappa shape index (κ2) is 6.65. The molecule has 1 amide bonds. The average Bonchev–Trinajstić information content (AvgIpc) is 2.44. The molecule has 24 heavy (non-hydrogen) atoms. The maximum absolute atomic E-state index is 12.6. The number of nitrogens with zero attached hydrogens (tertiary/aromatic N) is 1. The predicted octanol–water partition coefficient (Wildman–Crippen LogP) is 5.21. The van der Waals surface area contributed by atoms with E-state index in [1.54, 1.807) is 17.0 Å². The Labute approximate surface area is 140 Å². The third-order valence-electron chi connectivity index (χ3n) is 4.21. The van der Waals surface area contributed by atoms with E-state index in [1.165, 1.54) is 0 Å². The Kier molecular flexibility index (Phi) is 5.16. The van der Waals surface area contributed by atoms with Gasteiger partial charge in [-0.1, -0.05) is 12.1 Å². The third kappa shape index (κ3) is 4.65. The number of hydrogen-bond acceptors (Lipinski definition) is 2. The molecule has 134 valence electrons. The molecule has 1 aliphatic heterocycles. The molecule has 0 aliphatic carbocycles. The van der Waals surface area contributed by atoms with Gasteiger partial charge in [0.05, 0.1) is 5.56 Å². The quantitative estimate of drug-likeness (QED) is 0.701. The van der Waals surface area contributed by atoms with Gasteiger partial charge in [0, 0.05) is 12.6 Å². The summed E-state index contributed by atoms with van der Waals surface area (Å²) in [6.07, 6.45) is -3.22. The van der Waals surface area contributed by atoms with Crippen LogP contribution in [0, 0.1) is 0 Å². The van der Waals surface area contributed by atoms with Crippen LogP contribution >= 0.6 is 0 Å². The molecule has 0 N–H and O–H groups in total. The summed E-state index contributed by atoms with van der Waals surface area (Å²) < 4.78 is 43.3. The smallest absolute Gasteiger partial charge is 0.416 e. The van der Waals surface area contributed by atoms with Crippen LogP contribution in [0.25, 0.3) is 0 Å². The van der Waals surface area contributed by atoms with E-state index in [0.29, 0.717) is 13.0 Å². The number of benzene rings is 1. The number of halogens is 3. The SMILES string of the molecule is C[C@H]1C[C@H](c2ccc(C(F)(F)F)cc2)CCN1C(=O)OC(C)(C)C. The molecule has 6 heteroatoms. The zero-order valence-electron chi connectivity index (χ0n) is 14.5. The molecule has 0 bridgehead atoms. The summed E-state index contributed by atoms with van der Waals surface area (Å²) in [6.45, 7) is 7.96. The first-order valence-corrected chi connectivity index (χ1v) is 8.14. The van der Waals surface area contributed by atoms with Crippen LogP contribution in [0.3, 0.4) is 0 Å². The molecule has 1 aliphatic rings. The summed E-state index contributed by atoms with van der Waals surface area (Å²) in [4.78, 5) is 13.9. The number of hydrogen-bond donors (Lipinski definition) is 0. The van der Waals surface area contributed by atoms with Crippen molar-refractivity contribution in [3.05, 3.63) is 35.4 Å². The molecule has 2 rings (SSSR count). The van der Waals surface area contributed by atoms with E-state index < -0.39 is 17.3 Å². The lowest BCUT2D eigenvalue weighted by molar-refractivity contribution is -0.137. The van der Waals surface area contributed by atoms with Crippen LogP contribution in [-0.4, -0.2) is 29.2 Å². The van der Waals surface area contributed by atoms with Crippen molar-refractivity contribution in [2.75, 3.05) is 6.54 Å². The molecule has 0 saturated carbocycles. The van der Waals surface area contributed by atoms with Gasteiger partial charge in [-0.05, 0) is 64.2 Å². The van der Waals surface area contributed by atoms with Crippen molar-refractivity contribution in [1.82, 2.24) is 4.90 Å². The number of piperidine rings is 1. The van der Waals surface area contributed by atoms with Crippen molar-refractivity contribution >= 4 is 6.09 Å². The Hall–Kier alpha value is -1.72. The largest absolute Gasteiger partial charge is 0.444 e. The van der Waals surface area contributed by atoms with Crippen LogP contribution in [0.2, 0.25) is 0 Å². The van der Waals surface area contributed by atoms with Gasteiger partial charge in [0.1, 0.15) is 5.60 Å². The van der Waals surface area contributed by atoms with Gasteiger partial charge in [-0.2, -0.15) is 13.2 Å². The van der Waals surface area contributed by atoms with Crippen molar-refractivity contribution in [2.45, 2.75) is 64.3 Å². The Balaban J connectivity index is 2.01. The van der Waals surface area contributed by atoms with Crippen LogP contribution in [0.4, 0.5) is 18.0 Å². The van der Waals surface area contributed by atoms with Crippen molar-refractivity contribution in [1.29, 1.82) is 0 Å². The fourth-order valence-electron chi connectivity index (χ4n) is 3.01. The van der Waals surface area contributed by atoms with Crippen molar-refractivity contribution < 1.29 is 22.7 Å². The maximum Gasteiger partial charge on any atom is 0.416 e. The minimum absolute atomic E-state index is 0.0131. The molecule has 0 unspecified atom stereocenters. The van der Waals surface area contributed by atoms with E-state index in [-0.39, 0.29) is 18.1 Å². The van der Waals surface area contributed by atoms with Crippen molar-refractivity contribution in [3.8, 4) is 0 Å². The highest BCUT2D eigenvalue weighted by Crippen LogP contribution is 2.35. The first-order valence-electron chi connectivity index (χ1n) is 8.14. The van der Waals surface area contributed by atoms with Gasteiger partial charge in [0.25, 0.3) is 0 Å². The second-order valence-corrected chi connectivity index (χ2v) is 7.36. The van der Waals surface area contributed by atoms with Gasteiger partial charge in [0.15, 0.2) is 0 Å². The summed E-state index contributed by atoms with van der Waals surface area (Å²) in [5, 5.41) is 0. The molecule has 0 radical (unpaired) electrons. The van der Waals surface area contributed by atoms with E-state index >= 15 is 0 Å².